The summed E-state index contributed by atoms with van der Waals surface area (Å²) < 4.78 is 22.7. The minimum atomic E-state index is -3.06. The Morgan fingerprint density at radius 2 is 2.11 bits per heavy atom. The van der Waals surface area contributed by atoms with Crippen LogP contribution in [0.1, 0.15) is 18.0 Å². The van der Waals surface area contributed by atoms with E-state index < -0.39 is 9.84 Å². The zero-order valence-corrected chi connectivity index (χ0v) is 10.6. The highest BCUT2D eigenvalue weighted by atomic mass is 32.2. The molecule has 1 aliphatic heterocycles. The van der Waals surface area contributed by atoms with Crippen LogP contribution in [0.3, 0.4) is 0 Å². The molecule has 1 aromatic rings. The van der Waals surface area contributed by atoms with Crippen LogP contribution in [0.15, 0.2) is 41.8 Å². The van der Waals surface area contributed by atoms with Crippen molar-refractivity contribution in [1.82, 2.24) is 5.32 Å². The molecule has 2 atom stereocenters. The first-order chi connectivity index (χ1) is 8.61. The van der Waals surface area contributed by atoms with Gasteiger partial charge in [0.2, 0.25) is 0 Å². The molecule has 0 bridgehead atoms. The van der Waals surface area contributed by atoms with E-state index in [0.717, 1.165) is 5.56 Å². The minimum Gasteiger partial charge on any atom is -0.302 e. The third-order valence-corrected chi connectivity index (χ3v) is 4.24. The molecular weight excluding hydrogens is 248 g/mol. The molecule has 2 unspecified atom stereocenters. The summed E-state index contributed by atoms with van der Waals surface area (Å²) in [4.78, 5) is 0. The maximum absolute atomic E-state index is 11.3. The second-order valence-corrected chi connectivity index (χ2v) is 6.19. The fraction of sp³-hybridized carbons (Fsp3) is 0.308. The molecule has 1 aliphatic rings. The van der Waals surface area contributed by atoms with Gasteiger partial charge in [0.05, 0.1) is 18.2 Å². The second-order valence-electron chi connectivity index (χ2n) is 4.26. The molecule has 1 aromatic carbocycles. The lowest BCUT2D eigenvalue weighted by Crippen LogP contribution is -2.33. The number of nitriles is 1. The molecule has 4 nitrogen and oxygen atoms in total. The van der Waals surface area contributed by atoms with Gasteiger partial charge in [-0.25, -0.2) is 8.42 Å². The Kier molecular flexibility index (Phi) is 3.80. The second kappa shape index (κ2) is 5.34. The van der Waals surface area contributed by atoms with Gasteiger partial charge in [-0.05, 0) is 5.56 Å². The summed E-state index contributed by atoms with van der Waals surface area (Å²) in [6.07, 6.45) is 1.96. The van der Waals surface area contributed by atoms with Crippen LogP contribution in [0.2, 0.25) is 0 Å². The minimum absolute atomic E-state index is 0.0712. The number of nitrogens with one attached hydrogen (secondary N) is 1. The Hall–Kier alpha value is -1.64. The molecule has 0 aromatic heterocycles. The van der Waals surface area contributed by atoms with Gasteiger partial charge >= 0.3 is 0 Å². The first kappa shape index (κ1) is 12.8. The van der Waals surface area contributed by atoms with E-state index in [4.69, 9.17) is 5.26 Å². The molecule has 0 saturated carbocycles. The summed E-state index contributed by atoms with van der Waals surface area (Å²) in [5, 5.41) is 13.3. The van der Waals surface area contributed by atoms with Crippen molar-refractivity contribution in [1.29, 1.82) is 5.26 Å². The molecule has 0 radical (unpaired) electrons. The lowest BCUT2D eigenvalue weighted by molar-refractivity contribution is 0.510. The van der Waals surface area contributed by atoms with Gasteiger partial charge in [-0.15, -0.1) is 0 Å². The lowest BCUT2D eigenvalue weighted by Gasteiger charge is -2.19. The van der Waals surface area contributed by atoms with Crippen LogP contribution in [0.4, 0.5) is 0 Å². The lowest BCUT2D eigenvalue weighted by atomic mass is 10.0. The van der Waals surface area contributed by atoms with E-state index in [1.807, 2.05) is 30.3 Å². The summed E-state index contributed by atoms with van der Waals surface area (Å²) in [6.45, 7) is 0. The Balaban J connectivity index is 2.09. The molecule has 2 rings (SSSR count). The molecule has 94 valence electrons. The van der Waals surface area contributed by atoms with Gasteiger partial charge in [-0.1, -0.05) is 36.4 Å². The van der Waals surface area contributed by atoms with Crippen LogP contribution in [0.5, 0.6) is 0 Å². The van der Waals surface area contributed by atoms with Gasteiger partial charge in [0.1, 0.15) is 0 Å². The third kappa shape index (κ3) is 3.19. The maximum atomic E-state index is 11.3. The van der Waals surface area contributed by atoms with Gasteiger partial charge < -0.3 is 5.32 Å². The van der Waals surface area contributed by atoms with E-state index >= 15 is 0 Å². The molecule has 0 fully saturated rings. The highest BCUT2D eigenvalue weighted by molar-refractivity contribution is 7.94. The molecule has 5 heteroatoms. The Labute approximate surface area is 107 Å². The average Bonchev–Trinajstić information content (AvgIpc) is 2.69. The standard InChI is InChI=1S/C13H14N2O2S/c14-8-6-13(11-4-2-1-3-5-11)15-12-7-9-18(16,17)10-12/h1-5,7,9,12-13,15H,6,10H2. The molecule has 0 amide bonds. The molecule has 0 spiro atoms. The number of nitrogens with zero attached hydrogens (tertiary/aromatic N) is 1. The third-order valence-electron chi connectivity index (χ3n) is 2.84. The first-order valence-corrected chi connectivity index (χ1v) is 7.41. The summed E-state index contributed by atoms with van der Waals surface area (Å²) >= 11 is 0. The Morgan fingerprint density at radius 3 is 2.67 bits per heavy atom. The molecule has 18 heavy (non-hydrogen) atoms. The van der Waals surface area contributed by atoms with E-state index in [2.05, 4.69) is 11.4 Å². The first-order valence-electron chi connectivity index (χ1n) is 5.69. The van der Waals surface area contributed by atoms with Crippen LogP contribution in [0, 0.1) is 11.3 Å². The summed E-state index contributed by atoms with van der Waals surface area (Å²) in [6, 6.07) is 11.4. The fourth-order valence-corrected chi connectivity index (χ4v) is 3.24. The zero-order valence-electron chi connectivity index (χ0n) is 9.78. The topological polar surface area (TPSA) is 70.0 Å². The summed E-state index contributed by atoms with van der Waals surface area (Å²) in [5.74, 6) is 0.0712. The summed E-state index contributed by atoms with van der Waals surface area (Å²) in [7, 11) is -3.06. The molecule has 1 N–H and O–H groups in total. The van der Waals surface area contributed by atoms with Crippen molar-refractivity contribution >= 4 is 9.84 Å². The van der Waals surface area contributed by atoms with Crippen molar-refractivity contribution in [2.45, 2.75) is 18.5 Å². The van der Waals surface area contributed by atoms with E-state index in [0.29, 0.717) is 6.42 Å². The predicted molar refractivity (Wildman–Crippen MR) is 69.3 cm³/mol. The number of sulfone groups is 1. The van der Waals surface area contributed by atoms with Crippen molar-refractivity contribution in [2.75, 3.05) is 5.75 Å². The number of rotatable bonds is 4. The number of benzene rings is 1. The van der Waals surface area contributed by atoms with Crippen LogP contribution in [-0.2, 0) is 9.84 Å². The van der Waals surface area contributed by atoms with Crippen molar-refractivity contribution in [3.8, 4) is 6.07 Å². The van der Waals surface area contributed by atoms with Crippen molar-refractivity contribution in [2.24, 2.45) is 0 Å². The molecule has 0 saturated heterocycles. The van der Waals surface area contributed by atoms with Gasteiger partial charge in [0.15, 0.2) is 9.84 Å². The monoisotopic (exact) mass is 262 g/mol. The largest absolute Gasteiger partial charge is 0.302 e. The predicted octanol–water partition coefficient (Wildman–Crippen LogP) is 1.54. The van der Waals surface area contributed by atoms with Crippen molar-refractivity contribution in [3.63, 3.8) is 0 Å². The molecule has 0 aliphatic carbocycles. The van der Waals surface area contributed by atoms with Crippen LogP contribution >= 0.6 is 0 Å². The van der Waals surface area contributed by atoms with Gasteiger partial charge in [-0.3, -0.25) is 0 Å². The maximum Gasteiger partial charge on any atom is 0.173 e. The number of hydrogen-bond acceptors (Lipinski definition) is 4. The van der Waals surface area contributed by atoms with Crippen LogP contribution in [0.25, 0.3) is 0 Å². The van der Waals surface area contributed by atoms with Crippen LogP contribution < -0.4 is 5.32 Å². The SMILES string of the molecule is N#CCC(NC1C=CS(=O)(=O)C1)c1ccccc1. The molecular formula is C13H14N2O2S. The van der Waals surface area contributed by atoms with Gasteiger partial charge in [-0.2, -0.15) is 5.26 Å². The van der Waals surface area contributed by atoms with E-state index in [-0.39, 0.29) is 17.8 Å². The number of hydrogen-bond donors (Lipinski definition) is 1. The summed E-state index contributed by atoms with van der Waals surface area (Å²) in [5.41, 5.74) is 0.997. The van der Waals surface area contributed by atoms with Gasteiger partial charge in [0.25, 0.3) is 0 Å². The molecule has 1 heterocycles. The van der Waals surface area contributed by atoms with E-state index in [1.165, 1.54) is 5.41 Å². The average molecular weight is 262 g/mol. The Bertz CT molecular complexity index is 573. The highest BCUT2D eigenvalue weighted by Gasteiger charge is 2.24. The van der Waals surface area contributed by atoms with Crippen molar-refractivity contribution < 1.29 is 8.42 Å². The normalized spacial score (nSPS) is 22.5. The van der Waals surface area contributed by atoms with E-state index in [1.54, 1.807) is 6.08 Å². The van der Waals surface area contributed by atoms with Gasteiger partial charge in [0, 0.05) is 17.5 Å². The van der Waals surface area contributed by atoms with E-state index in [9.17, 15) is 8.42 Å². The van der Waals surface area contributed by atoms with Crippen LogP contribution in [-0.4, -0.2) is 20.2 Å². The smallest absolute Gasteiger partial charge is 0.173 e. The highest BCUT2D eigenvalue weighted by Crippen LogP contribution is 2.19. The fourth-order valence-electron chi connectivity index (χ4n) is 1.99. The quantitative estimate of drug-likeness (QED) is 0.893. The zero-order chi connectivity index (χ0) is 13.0. The van der Waals surface area contributed by atoms with Crippen molar-refractivity contribution in [3.05, 3.63) is 47.4 Å². The Morgan fingerprint density at radius 1 is 1.39 bits per heavy atom.